The highest BCUT2D eigenvalue weighted by atomic mass is 19.1. The lowest BCUT2D eigenvalue weighted by Gasteiger charge is -2.36. The summed E-state index contributed by atoms with van der Waals surface area (Å²) < 4.78 is 32.2. The fraction of sp³-hybridized carbons (Fsp3) is 0.242. The Morgan fingerprint density at radius 3 is 2.48 bits per heavy atom. The normalized spacial score (nSPS) is 19.8. The molecule has 1 fully saturated rings. The molecule has 0 saturated carbocycles. The van der Waals surface area contributed by atoms with E-state index in [2.05, 4.69) is 15.1 Å². The Labute approximate surface area is 251 Å². The quantitative estimate of drug-likeness (QED) is 0.277. The third kappa shape index (κ3) is 4.74. The van der Waals surface area contributed by atoms with Crippen LogP contribution in [0.3, 0.4) is 0 Å². The number of hydrogen-bond donors (Lipinski definition) is 1. The molecule has 44 heavy (non-hydrogen) atoms. The second kappa shape index (κ2) is 10.8. The molecule has 5 aromatic rings. The molecule has 0 bridgehead atoms. The zero-order valence-corrected chi connectivity index (χ0v) is 23.8. The molecule has 2 aromatic carbocycles. The third-order valence-corrected chi connectivity index (χ3v) is 8.57. The van der Waals surface area contributed by atoms with Crippen LogP contribution in [-0.2, 0) is 4.79 Å². The smallest absolute Gasteiger partial charge is 0.308 e. The molecular formula is C33H28F2N6O3. The number of amides is 1. The van der Waals surface area contributed by atoms with E-state index in [0.29, 0.717) is 53.5 Å². The lowest BCUT2D eigenvalue weighted by atomic mass is 9.92. The molecule has 3 aromatic heterocycles. The number of carboxylic acid groups (broad SMARTS) is 1. The average Bonchev–Trinajstić information content (AvgIpc) is 3.71. The van der Waals surface area contributed by atoms with Gasteiger partial charge in [0, 0.05) is 36.6 Å². The Balaban J connectivity index is 1.27. The molecule has 0 spiro atoms. The number of aromatic nitrogens is 4. The van der Waals surface area contributed by atoms with Gasteiger partial charge in [0.25, 0.3) is 5.91 Å². The maximum Gasteiger partial charge on any atom is 0.308 e. The number of benzene rings is 2. The highest BCUT2D eigenvalue weighted by molar-refractivity contribution is 5.94. The van der Waals surface area contributed by atoms with Crippen molar-refractivity contribution >= 4 is 23.2 Å². The number of carbonyl (C=O) groups excluding carboxylic acids is 1. The summed E-state index contributed by atoms with van der Waals surface area (Å²) in [4.78, 5) is 37.7. The Hall–Kier alpha value is -5.19. The van der Waals surface area contributed by atoms with Crippen molar-refractivity contribution in [2.45, 2.75) is 25.6 Å². The summed E-state index contributed by atoms with van der Waals surface area (Å²) in [5.74, 6) is -2.29. The Kier molecular flexibility index (Phi) is 6.80. The lowest BCUT2D eigenvalue weighted by molar-refractivity contribution is -0.140. The van der Waals surface area contributed by atoms with E-state index in [-0.39, 0.29) is 23.8 Å². The topological polar surface area (TPSA) is 104 Å². The van der Waals surface area contributed by atoms with Gasteiger partial charge in [0.15, 0.2) is 5.65 Å². The summed E-state index contributed by atoms with van der Waals surface area (Å²) in [6, 6.07) is 20.1. The molecule has 0 unspecified atom stereocenters. The van der Waals surface area contributed by atoms with Crippen molar-refractivity contribution in [2.75, 3.05) is 24.5 Å². The van der Waals surface area contributed by atoms with Crippen molar-refractivity contribution in [3.63, 3.8) is 0 Å². The summed E-state index contributed by atoms with van der Waals surface area (Å²) in [7, 11) is 0. The van der Waals surface area contributed by atoms with Crippen LogP contribution in [0, 0.1) is 11.7 Å². The third-order valence-electron chi connectivity index (χ3n) is 8.57. The van der Waals surface area contributed by atoms with Gasteiger partial charge >= 0.3 is 5.97 Å². The van der Waals surface area contributed by atoms with Crippen LogP contribution in [0.25, 0.3) is 28.3 Å². The van der Waals surface area contributed by atoms with Crippen molar-refractivity contribution in [3.05, 3.63) is 102 Å². The second-order valence-electron chi connectivity index (χ2n) is 11.2. The number of anilines is 1. The van der Waals surface area contributed by atoms with Gasteiger partial charge < -0.3 is 14.9 Å². The van der Waals surface area contributed by atoms with E-state index in [1.807, 2.05) is 30.0 Å². The van der Waals surface area contributed by atoms with E-state index >= 15 is 8.78 Å². The molecule has 5 heterocycles. The van der Waals surface area contributed by atoms with Gasteiger partial charge in [-0.25, -0.2) is 18.3 Å². The highest BCUT2D eigenvalue weighted by Crippen LogP contribution is 2.37. The van der Waals surface area contributed by atoms with Crippen LogP contribution >= 0.6 is 0 Å². The van der Waals surface area contributed by atoms with Gasteiger partial charge in [-0.1, -0.05) is 30.3 Å². The van der Waals surface area contributed by atoms with Crippen LogP contribution in [0.1, 0.15) is 47.2 Å². The molecule has 2 aliphatic heterocycles. The van der Waals surface area contributed by atoms with E-state index in [0.717, 1.165) is 5.56 Å². The molecule has 1 saturated heterocycles. The first kappa shape index (κ1) is 27.6. The van der Waals surface area contributed by atoms with Gasteiger partial charge in [0.2, 0.25) is 0 Å². The number of rotatable bonds is 5. The van der Waals surface area contributed by atoms with Crippen LogP contribution in [0.5, 0.6) is 0 Å². The number of fused-ring (bicyclic) bond motifs is 2. The van der Waals surface area contributed by atoms with Crippen molar-refractivity contribution < 1.29 is 23.5 Å². The molecule has 0 radical (unpaired) electrons. The Morgan fingerprint density at radius 2 is 1.75 bits per heavy atom. The summed E-state index contributed by atoms with van der Waals surface area (Å²) in [5.41, 5.74) is 3.88. The van der Waals surface area contributed by atoms with Crippen LogP contribution in [0.4, 0.5) is 14.5 Å². The van der Waals surface area contributed by atoms with Gasteiger partial charge in [-0.2, -0.15) is 5.10 Å². The summed E-state index contributed by atoms with van der Waals surface area (Å²) in [6.07, 6.45) is 0.799. The predicted molar refractivity (Wildman–Crippen MR) is 159 cm³/mol. The predicted octanol–water partition coefficient (Wildman–Crippen LogP) is 5.74. The number of alkyl halides is 1. The number of aliphatic carboxylic acids is 1. The van der Waals surface area contributed by atoms with Gasteiger partial charge in [-0.3, -0.25) is 14.6 Å². The molecule has 7 rings (SSSR count). The molecule has 2 aliphatic rings. The zero-order valence-electron chi connectivity index (χ0n) is 23.8. The maximum absolute atomic E-state index is 15.5. The molecule has 0 aliphatic carbocycles. The van der Waals surface area contributed by atoms with Gasteiger partial charge in [-0.05, 0) is 60.9 Å². The zero-order chi connectivity index (χ0) is 30.5. The summed E-state index contributed by atoms with van der Waals surface area (Å²) in [6.45, 7) is 2.62. The van der Waals surface area contributed by atoms with Gasteiger partial charge in [-0.15, -0.1) is 0 Å². The van der Waals surface area contributed by atoms with E-state index < -0.39 is 29.8 Å². The van der Waals surface area contributed by atoms with E-state index in [1.54, 1.807) is 54.7 Å². The monoisotopic (exact) mass is 594 g/mol. The lowest BCUT2D eigenvalue weighted by Crippen LogP contribution is -2.40. The molecule has 3 atom stereocenters. The number of halogens is 2. The first-order valence-electron chi connectivity index (χ1n) is 14.4. The van der Waals surface area contributed by atoms with Crippen molar-refractivity contribution in [1.82, 2.24) is 24.5 Å². The second-order valence-corrected chi connectivity index (χ2v) is 11.2. The number of pyridine rings is 1. The number of carboxylic acids is 1. The minimum atomic E-state index is -1.33. The number of nitrogens with zero attached hydrogens (tertiary/aromatic N) is 6. The molecule has 1 amide bonds. The number of carbonyl (C=O) groups is 2. The fourth-order valence-electron chi connectivity index (χ4n) is 6.20. The summed E-state index contributed by atoms with van der Waals surface area (Å²) in [5, 5.41) is 14.0. The number of hydrogen-bond acceptors (Lipinski definition) is 6. The fourth-order valence-corrected chi connectivity index (χ4v) is 6.20. The van der Waals surface area contributed by atoms with E-state index in [4.69, 9.17) is 0 Å². The molecular weight excluding hydrogens is 566 g/mol. The first-order chi connectivity index (χ1) is 21.3. The molecule has 9 nitrogen and oxygen atoms in total. The maximum atomic E-state index is 15.5. The van der Waals surface area contributed by atoms with Crippen LogP contribution in [0.2, 0.25) is 0 Å². The van der Waals surface area contributed by atoms with Crippen molar-refractivity contribution in [3.8, 4) is 22.6 Å². The van der Waals surface area contributed by atoms with Crippen LogP contribution in [-0.4, -0.2) is 61.1 Å². The van der Waals surface area contributed by atoms with Gasteiger partial charge in [0.1, 0.15) is 17.7 Å². The van der Waals surface area contributed by atoms with E-state index in [9.17, 15) is 14.7 Å². The van der Waals surface area contributed by atoms with Crippen molar-refractivity contribution in [2.24, 2.45) is 5.92 Å². The highest BCUT2D eigenvalue weighted by Gasteiger charge is 2.35. The molecule has 1 N–H and O–H groups in total. The Bertz CT molecular complexity index is 1910. The van der Waals surface area contributed by atoms with E-state index in [1.165, 1.54) is 15.5 Å². The largest absolute Gasteiger partial charge is 0.481 e. The van der Waals surface area contributed by atoms with Crippen molar-refractivity contribution in [1.29, 1.82) is 0 Å². The van der Waals surface area contributed by atoms with Crippen LogP contribution in [0.15, 0.2) is 79.0 Å². The standard InChI is InChI=1S/C33H28F2N6O3/c1-19-22-6-2-3-7-23(22)26(35)18-40(19)32(42)29-15-30(27-8-4-5-12-36-27)41-31(37-29)16-28(38-41)24-10-9-21(14-25(24)34)39-13-11-20(17-39)33(43)44/h2-10,12,14-16,19-20,26H,11,13,17-18H2,1H3,(H,43,44)/t19-,20+,26+/m1/s1. The molecule has 11 heteroatoms. The average molecular weight is 595 g/mol. The minimum Gasteiger partial charge on any atom is -0.481 e. The Morgan fingerprint density at radius 1 is 0.955 bits per heavy atom. The SMILES string of the molecule is C[C@@H]1c2ccccc2[C@@H](F)CN1C(=O)c1cc(-c2ccccn2)n2nc(-c3ccc(N4CC[C@H](C(=O)O)C4)cc3F)cc2n1. The molecule has 222 valence electrons. The first-order valence-corrected chi connectivity index (χ1v) is 14.4. The van der Waals surface area contributed by atoms with Crippen LogP contribution < -0.4 is 4.90 Å². The van der Waals surface area contributed by atoms with Gasteiger partial charge in [0.05, 0.1) is 35.6 Å². The summed E-state index contributed by atoms with van der Waals surface area (Å²) >= 11 is 0. The minimum absolute atomic E-state index is 0.0980.